The van der Waals surface area contributed by atoms with E-state index >= 15 is 0 Å². The van der Waals surface area contributed by atoms with Gasteiger partial charge in [0.2, 0.25) is 0 Å². The minimum atomic E-state index is 1.21. The average Bonchev–Trinajstić information content (AvgIpc) is 2.33. The predicted molar refractivity (Wildman–Crippen MR) is 40.3 cm³/mol. The fourth-order valence-electron chi connectivity index (χ4n) is 0.896. The second-order valence-corrected chi connectivity index (χ2v) is 1.92. The molecule has 1 heterocycles. The summed E-state index contributed by atoms with van der Waals surface area (Å²) >= 11 is 0. The zero-order valence-corrected chi connectivity index (χ0v) is 5.81. The summed E-state index contributed by atoms with van der Waals surface area (Å²) in [5.74, 6) is 0. The fraction of sp³-hybridized carbons (Fsp3) is 0.250. The van der Waals surface area contributed by atoms with Crippen molar-refractivity contribution in [2.45, 2.75) is 13.8 Å². The summed E-state index contributed by atoms with van der Waals surface area (Å²) in [6, 6.07) is 2.06. The number of hydrogen-bond donors (Lipinski definition) is 1. The molecule has 1 aromatic heterocycles. The summed E-state index contributed by atoms with van der Waals surface area (Å²) in [6.45, 7) is 4.06. The van der Waals surface area contributed by atoms with Gasteiger partial charge in [0.1, 0.15) is 0 Å². The molecule has 0 bridgehead atoms. The first-order valence-corrected chi connectivity index (χ1v) is 3.14. The van der Waals surface area contributed by atoms with Gasteiger partial charge in [-0.15, -0.1) is 0 Å². The Labute approximate surface area is 54.7 Å². The molecule has 1 rings (SSSR count). The molecule has 1 nitrogen and oxygen atoms in total. The molecule has 0 fully saturated rings. The molecule has 0 atom stereocenters. The molecule has 0 spiro atoms. The summed E-state index contributed by atoms with van der Waals surface area (Å²) in [5, 5.41) is 2.48. The van der Waals surface area contributed by atoms with Crippen LogP contribution in [-0.2, 0) is 0 Å². The molecular weight excluding hydrogens is 110 g/mol. The topological polar surface area (TPSA) is 15.8 Å². The highest BCUT2D eigenvalue weighted by Gasteiger charge is 1.78. The molecule has 1 N–H and O–H groups in total. The zero-order chi connectivity index (χ0) is 6.69. The third kappa shape index (κ3) is 1.04. The van der Waals surface area contributed by atoms with Crippen molar-refractivity contribution < 1.29 is 0 Å². The van der Waals surface area contributed by atoms with Crippen LogP contribution in [0.25, 0.3) is 12.2 Å². The van der Waals surface area contributed by atoms with Crippen LogP contribution in [0, 0.1) is 0 Å². The minimum Gasteiger partial charge on any atom is -0.361 e. The Hall–Kier alpha value is -0.980. The molecule has 0 radical (unpaired) electrons. The van der Waals surface area contributed by atoms with E-state index in [1.807, 2.05) is 20.0 Å². The lowest BCUT2D eigenvalue weighted by molar-refractivity contribution is 1.31. The SMILES string of the molecule is CC=c1cc[nH]c1=CC. The number of rotatable bonds is 0. The van der Waals surface area contributed by atoms with Crippen molar-refractivity contribution in [3.63, 3.8) is 0 Å². The zero-order valence-electron chi connectivity index (χ0n) is 5.81. The highest BCUT2D eigenvalue weighted by molar-refractivity contribution is 5.25. The highest BCUT2D eigenvalue weighted by Crippen LogP contribution is 1.63. The fourth-order valence-corrected chi connectivity index (χ4v) is 0.896. The third-order valence-electron chi connectivity index (χ3n) is 1.41. The maximum Gasteiger partial charge on any atom is 0.0407 e. The van der Waals surface area contributed by atoms with Crippen LogP contribution >= 0.6 is 0 Å². The minimum absolute atomic E-state index is 1.21. The van der Waals surface area contributed by atoms with Gasteiger partial charge in [0, 0.05) is 11.5 Å². The van der Waals surface area contributed by atoms with Gasteiger partial charge in [0.15, 0.2) is 0 Å². The van der Waals surface area contributed by atoms with E-state index in [1.54, 1.807) is 0 Å². The Balaban J connectivity index is 3.50. The maximum absolute atomic E-state index is 3.12. The number of hydrogen-bond acceptors (Lipinski definition) is 0. The van der Waals surface area contributed by atoms with Crippen LogP contribution in [0.5, 0.6) is 0 Å². The van der Waals surface area contributed by atoms with E-state index in [-0.39, 0.29) is 0 Å². The van der Waals surface area contributed by atoms with Gasteiger partial charge in [-0.2, -0.15) is 0 Å². The van der Waals surface area contributed by atoms with Crippen LogP contribution < -0.4 is 10.6 Å². The van der Waals surface area contributed by atoms with Crippen molar-refractivity contribution in [3.8, 4) is 0 Å². The second kappa shape index (κ2) is 2.53. The molecule has 0 aromatic carbocycles. The molecule has 0 saturated heterocycles. The van der Waals surface area contributed by atoms with Gasteiger partial charge < -0.3 is 4.98 Å². The molecule has 0 amide bonds. The summed E-state index contributed by atoms with van der Waals surface area (Å²) < 4.78 is 0. The summed E-state index contributed by atoms with van der Waals surface area (Å²) in [7, 11) is 0. The van der Waals surface area contributed by atoms with Crippen LogP contribution in [0.1, 0.15) is 13.8 Å². The Morgan fingerprint density at radius 1 is 1.33 bits per heavy atom. The Bertz CT molecular complexity index is 251. The monoisotopic (exact) mass is 121 g/mol. The molecule has 0 aliphatic carbocycles. The van der Waals surface area contributed by atoms with Crippen LogP contribution in [0.15, 0.2) is 12.3 Å². The standard InChI is InChI=1S/C8H11N/c1-3-7-5-6-9-8(7)4-2/h3-6,9H,1-2H3. The van der Waals surface area contributed by atoms with E-state index in [1.165, 1.54) is 10.6 Å². The van der Waals surface area contributed by atoms with Crippen LogP contribution in [-0.4, -0.2) is 4.98 Å². The van der Waals surface area contributed by atoms with Gasteiger partial charge >= 0.3 is 0 Å². The summed E-state index contributed by atoms with van der Waals surface area (Å²) in [6.07, 6.45) is 6.10. The summed E-state index contributed by atoms with van der Waals surface area (Å²) in [4.78, 5) is 3.12. The molecular formula is C8H11N. The van der Waals surface area contributed by atoms with Crippen molar-refractivity contribution >= 4 is 12.2 Å². The van der Waals surface area contributed by atoms with Gasteiger partial charge in [0.05, 0.1) is 0 Å². The number of aromatic amines is 1. The largest absolute Gasteiger partial charge is 0.361 e. The molecule has 9 heavy (non-hydrogen) atoms. The number of nitrogens with one attached hydrogen (secondary N) is 1. The molecule has 0 saturated carbocycles. The van der Waals surface area contributed by atoms with Crippen molar-refractivity contribution in [2.24, 2.45) is 0 Å². The van der Waals surface area contributed by atoms with Gasteiger partial charge in [-0.3, -0.25) is 0 Å². The van der Waals surface area contributed by atoms with Gasteiger partial charge in [-0.05, 0) is 25.1 Å². The lowest BCUT2D eigenvalue weighted by atomic mass is 10.4. The van der Waals surface area contributed by atoms with Crippen LogP contribution in [0.4, 0.5) is 0 Å². The van der Waals surface area contributed by atoms with Crippen LogP contribution in [0.3, 0.4) is 0 Å². The van der Waals surface area contributed by atoms with Gasteiger partial charge in [-0.1, -0.05) is 12.2 Å². The van der Waals surface area contributed by atoms with E-state index < -0.39 is 0 Å². The molecule has 1 aromatic rings. The number of aromatic nitrogens is 1. The molecule has 1 heteroatoms. The van der Waals surface area contributed by atoms with Crippen molar-refractivity contribution in [2.75, 3.05) is 0 Å². The van der Waals surface area contributed by atoms with E-state index in [0.717, 1.165) is 0 Å². The first-order chi connectivity index (χ1) is 4.38. The molecule has 0 unspecified atom stereocenters. The Morgan fingerprint density at radius 3 is 2.56 bits per heavy atom. The lowest BCUT2D eigenvalue weighted by Crippen LogP contribution is -2.20. The van der Waals surface area contributed by atoms with E-state index in [9.17, 15) is 0 Å². The predicted octanol–water partition coefficient (Wildman–Crippen LogP) is 0.615. The highest BCUT2D eigenvalue weighted by atomic mass is 14.6. The average molecular weight is 121 g/mol. The Kier molecular flexibility index (Phi) is 1.73. The smallest absolute Gasteiger partial charge is 0.0407 e. The first kappa shape index (κ1) is 6.14. The van der Waals surface area contributed by atoms with E-state index in [2.05, 4.69) is 23.2 Å². The van der Waals surface area contributed by atoms with E-state index in [0.29, 0.717) is 0 Å². The van der Waals surface area contributed by atoms with E-state index in [4.69, 9.17) is 0 Å². The Morgan fingerprint density at radius 2 is 2.11 bits per heavy atom. The first-order valence-electron chi connectivity index (χ1n) is 3.14. The lowest BCUT2D eigenvalue weighted by Gasteiger charge is -1.72. The van der Waals surface area contributed by atoms with Crippen molar-refractivity contribution in [1.82, 2.24) is 4.98 Å². The molecule has 0 aliphatic heterocycles. The maximum atomic E-state index is 3.12. The number of H-pyrrole nitrogens is 1. The molecule has 48 valence electrons. The van der Waals surface area contributed by atoms with Gasteiger partial charge in [0.25, 0.3) is 0 Å². The normalized spacial score (nSPS) is 14.9. The summed E-state index contributed by atoms with van der Waals surface area (Å²) in [5.41, 5.74) is 0. The quantitative estimate of drug-likeness (QED) is 0.518. The van der Waals surface area contributed by atoms with Gasteiger partial charge in [-0.25, -0.2) is 0 Å². The second-order valence-electron chi connectivity index (χ2n) is 1.92. The van der Waals surface area contributed by atoms with Crippen molar-refractivity contribution in [3.05, 3.63) is 22.8 Å². The van der Waals surface area contributed by atoms with Crippen molar-refractivity contribution in [1.29, 1.82) is 0 Å². The third-order valence-corrected chi connectivity index (χ3v) is 1.41. The van der Waals surface area contributed by atoms with Crippen LogP contribution in [0.2, 0.25) is 0 Å². The molecule has 0 aliphatic rings.